The first-order valence-corrected chi connectivity index (χ1v) is 11.0. The van der Waals surface area contributed by atoms with Crippen molar-refractivity contribution in [2.24, 2.45) is 5.73 Å². The van der Waals surface area contributed by atoms with Crippen LogP contribution in [0.3, 0.4) is 0 Å². The molecular weight excluding hydrogens is 452 g/mol. The summed E-state index contributed by atoms with van der Waals surface area (Å²) in [6.45, 7) is 0.337. The van der Waals surface area contributed by atoms with E-state index in [1.165, 1.54) is 0 Å². The van der Waals surface area contributed by atoms with Crippen LogP contribution in [0, 0.1) is 0 Å². The van der Waals surface area contributed by atoms with Gasteiger partial charge in [0, 0.05) is 21.3 Å². The van der Waals surface area contributed by atoms with Crippen LogP contribution in [0.1, 0.15) is 29.0 Å². The Kier molecular flexibility index (Phi) is 6.37. The van der Waals surface area contributed by atoms with Gasteiger partial charge in [0.2, 0.25) is 5.88 Å². The molecule has 0 bridgehead atoms. The number of nitrogens with zero attached hydrogens (tertiary/aromatic N) is 1. The van der Waals surface area contributed by atoms with E-state index in [0.29, 0.717) is 18.8 Å². The van der Waals surface area contributed by atoms with Gasteiger partial charge in [-0.1, -0.05) is 76.6 Å². The third kappa shape index (κ3) is 4.22. The number of rotatable bonds is 7. The molecule has 1 aromatic heterocycles. The molecule has 0 spiro atoms. The van der Waals surface area contributed by atoms with Gasteiger partial charge in [-0.15, -0.1) is 0 Å². The molecule has 2 unspecified atom stereocenters. The Labute approximate surface area is 190 Å². The third-order valence-electron chi connectivity index (χ3n) is 5.68. The number of pyridine rings is 1. The van der Waals surface area contributed by atoms with Gasteiger partial charge in [0.05, 0.1) is 12.6 Å². The summed E-state index contributed by atoms with van der Waals surface area (Å²) in [6, 6.07) is 27.7. The van der Waals surface area contributed by atoms with E-state index >= 15 is 0 Å². The van der Waals surface area contributed by atoms with Crippen LogP contribution in [-0.4, -0.2) is 23.7 Å². The predicted molar refractivity (Wildman–Crippen MR) is 128 cm³/mol. The Morgan fingerprint density at radius 3 is 2.32 bits per heavy atom. The van der Waals surface area contributed by atoms with Crippen LogP contribution in [0.4, 0.5) is 0 Å². The molecule has 0 saturated carbocycles. The Bertz CT molecular complexity index is 1170. The summed E-state index contributed by atoms with van der Waals surface area (Å²) in [5.74, 6) is 0.0699. The molecule has 3 aromatic carbocycles. The smallest absolute Gasteiger partial charge is 0.217 e. The molecule has 4 nitrogen and oxygen atoms in total. The largest absolute Gasteiger partial charge is 0.481 e. The molecule has 158 valence electrons. The minimum absolute atomic E-state index is 0.337. The molecule has 4 rings (SSSR count). The van der Waals surface area contributed by atoms with Crippen LogP contribution in [-0.2, 0) is 5.60 Å². The topological polar surface area (TPSA) is 68.4 Å². The summed E-state index contributed by atoms with van der Waals surface area (Å²) in [6.07, 6.45) is 0.385. The Balaban J connectivity index is 2.02. The maximum absolute atomic E-state index is 12.2. The number of halogens is 1. The maximum Gasteiger partial charge on any atom is 0.217 e. The van der Waals surface area contributed by atoms with Crippen molar-refractivity contribution in [3.8, 4) is 5.88 Å². The van der Waals surface area contributed by atoms with Crippen LogP contribution in [0.15, 0.2) is 89.4 Å². The van der Waals surface area contributed by atoms with Crippen LogP contribution in [0.25, 0.3) is 10.9 Å². The van der Waals surface area contributed by atoms with Crippen LogP contribution in [0.2, 0.25) is 0 Å². The predicted octanol–water partition coefficient (Wildman–Crippen LogP) is 5.37. The van der Waals surface area contributed by atoms with Crippen molar-refractivity contribution in [1.29, 1.82) is 0 Å². The molecule has 0 fully saturated rings. The summed E-state index contributed by atoms with van der Waals surface area (Å²) in [7, 11) is 1.61. The second-order valence-electron chi connectivity index (χ2n) is 7.60. The number of hydrogen-bond acceptors (Lipinski definition) is 4. The minimum atomic E-state index is -1.24. The second-order valence-corrected chi connectivity index (χ2v) is 8.51. The van der Waals surface area contributed by atoms with Crippen molar-refractivity contribution in [2.75, 3.05) is 13.7 Å². The van der Waals surface area contributed by atoms with Crippen LogP contribution in [0.5, 0.6) is 5.88 Å². The summed E-state index contributed by atoms with van der Waals surface area (Å²) in [4.78, 5) is 4.76. The first-order valence-electron chi connectivity index (χ1n) is 10.2. The number of hydrogen-bond donors (Lipinski definition) is 2. The zero-order valence-corrected chi connectivity index (χ0v) is 18.9. The van der Waals surface area contributed by atoms with E-state index in [9.17, 15) is 5.11 Å². The van der Waals surface area contributed by atoms with E-state index in [1.54, 1.807) is 7.11 Å². The molecule has 0 amide bonds. The van der Waals surface area contributed by atoms with Crippen LogP contribution >= 0.6 is 15.9 Å². The van der Waals surface area contributed by atoms with Crippen molar-refractivity contribution in [3.63, 3.8) is 0 Å². The van der Waals surface area contributed by atoms with Crippen molar-refractivity contribution in [2.45, 2.75) is 17.9 Å². The van der Waals surface area contributed by atoms with Gasteiger partial charge in [-0.2, -0.15) is 0 Å². The van der Waals surface area contributed by atoms with Gasteiger partial charge in [-0.25, -0.2) is 4.98 Å². The number of fused-ring (bicyclic) bond motifs is 1. The maximum atomic E-state index is 12.2. The lowest BCUT2D eigenvalue weighted by Crippen LogP contribution is -2.37. The van der Waals surface area contributed by atoms with E-state index in [-0.39, 0.29) is 0 Å². The normalized spacial score (nSPS) is 14.2. The molecule has 31 heavy (non-hydrogen) atoms. The lowest BCUT2D eigenvalue weighted by molar-refractivity contribution is 0.0120. The van der Waals surface area contributed by atoms with Gasteiger partial charge in [0.1, 0.15) is 5.60 Å². The molecule has 0 aliphatic rings. The average molecular weight is 477 g/mol. The van der Waals surface area contributed by atoms with Crippen molar-refractivity contribution in [3.05, 3.63) is 106 Å². The fraction of sp³-hybridized carbons (Fsp3) is 0.192. The molecular formula is C26H25BrN2O2. The van der Waals surface area contributed by atoms with Gasteiger partial charge in [0.25, 0.3) is 0 Å². The SMILES string of the molecule is COc1nc2ccc(Br)cc2cc1C(c1ccccc1)C(O)(CCN)c1ccccc1. The molecule has 0 aliphatic carbocycles. The summed E-state index contributed by atoms with van der Waals surface area (Å²) >= 11 is 3.55. The second kappa shape index (κ2) is 9.18. The van der Waals surface area contributed by atoms with Gasteiger partial charge >= 0.3 is 0 Å². The van der Waals surface area contributed by atoms with Gasteiger partial charge in [-0.05, 0) is 48.4 Å². The van der Waals surface area contributed by atoms with E-state index in [2.05, 4.69) is 22.0 Å². The van der Waals surface area contributed by atoms with Crippen molar-refractivity contribution in [1.82, 2.24) is 4.98 Å². The van der Waals surface area contributed by atoms with Crippen molar-refractivity contribution < 1.29 is 9.84 Å². The number of aromatic nitrogens is 1. The molecule has 0 aliphatic heterocycles. The molecule has 1 heterocycles. The molecule has 0 radical (unpaired) electrons. The highest BCUT2D eigenvalue weighted by molar-refractivity contribution is 9.10. The summed E-state index contributed by atoms with van der Waals surface area (Å²) in [5.41, 5.74) is 8.20. The molecule has 4 aromatic rings. The fourth-order valence-electron chi connectivity index (χ4n) is 4.28. The van der Waals surface area contributed by atoms with E-state index < -0.39 is 11.5 Å². The Morgan fingerprint density at radius 2 is 1.68 bits per heavy atom. The first-order chi connectivity index (χ1) is 15.1. The third-order valence-corrected chi connectivity index (χ3v) is 6.18. The first kappa shape index (κ1) is 21.5. The summed E-state index contributed by atoms with van der Waals surface area (Å²) < 4.78 is 6.70. The van der Waals surface area contributed by atoms with Gasteiger partial charge in [-0.3, -0.25) is 0 Å². The number of aliphatic hydroxyl groups is 1. The Morgan fingerprint density at radius 1 is 1.00 bits per heavy atom. The van der Waals surface area contributed by atoms with Crippen molar-refractivity contribution >= 4 is 26.8 Å². The number of nitrogens with two attached hydrogens (primary N) is 1. The number of methoxy groups -OCH3 is 1. The van der Waals surface area contributed by atoms with Crippen LogP contribution < -0.4 is 10.5 Å². The van der Waals surface area contributed by atoms with E-state index in [4.69, 9.17) is 15.5 Å². The standard InChI is InChI=1S/C26H25BrN2O2/c1-31-25-22(17-19-16-21(27)12-13-23(19)29-25)24(18-8-4-2-5-9-18)26(30,14-15-28)20-10-6-3-7-11-20/h2-13,16-17,24,30H,14-15,28H2,1H3. The zero-order chi connectivity index (χ0) is 21.8. The molecule has 5 heteroatoms. The van der Waals surface area contributed by atoms with E-state index in [0.717, 1.165) is 32.1 Å². The molecule has 3 N–H and O–H groups in total. The highest BCUT2D eigenvalue weighted by atomic mass is 79.9. The Hall–Kier alpha value is -2.73. The fourth-order valence-corrected chi connectivity index (χ4v) is 4.66. The molecule has 2 atom stereocenters. The van der Waals surface area contributed by atoms with E-state index in [1.807, 2.05) is 78.9 Å². The molecule has 0 saturated heterocycles. The lowest BCUT2D eigenvalue weighted by atomic mass is 9.72. The minimum Gasteiger partial charge on any atom is -0.481 e. The lowest BCUT2D eigenvalue weighted by Gasteiger charge is -2.38. The summed E-state index contributed by atoms with van der Waals surface area (Å²) in [5, 5.41) is 13.2. The quantitative estimate of drug-likeness (QED) is 0.375. The highest BCUT2D eigenvalue weighted by Gasteiger charge is 2.41. The number of ether oxygens (including phenoxy) is 1. The highest BCUT2D eigenvalue weighted by Crippen LogP contribution is 2.47. The zero-order valence-electron chi connectivity index (χ0n) is 17.3. The van der Waals surface area contributed by atoms with Gasteiger partial charge in [0.15, 0.2) is 0 Å². The monoisotopic (exact) mass is 476 g/mol. The van der Waals surface area contributed by atoms with Gasteiger partial charge < -0.3 is 15.6 Å². The number of benzene rings is 3. The average Bonchev–Trinajstić information content (AvgIpc) is 2.80.